The van der Waals surface area contributed by atoms with Crippen molar-refractivity contribution in [2.75, 3.05) is 0 Å². The highest BCUT2D eigenvalue weighted by molar-refractivity contribution is 8.00. The molecule has 2 atom stereocenters. The van der Waals surface area contributed by atoms with E-state index < -0.39 is 0 Å². The lowest BCUT2D eigenvalue weighted by molar-refractivity contribution is 0.604. The van der Waals surface area contributed by atoms with Gasteiger partial charge in [-0.2, -0.15) is 0 Å². The maximum absolute atomic E-state index is 2.46. The molecule has 0 aromatic heterocycles. The molecule has 0 nitrogen and oxygen atoms in total. The van der Waals surface area contributed by atoms with Gasteiger partial charge >= 0.3 is 0 Å². The molecule has 0 fully saturated rings. The second-order valence-electron chi connectivity index (χ2n) is 6.77. The molecule has 1 heteroatoms. The summed E-state index contributed by atoms with van der Waals surface area (Å²) in [6.45, 7) is 0. The van der Waals surface area contributed by atoms with Gasteiger partial charge in [0, 0.05) is 16.1 Å². The number of hydrogen-bond acceptors (Lipinski definition) is 1. The molecular weight excluding hydrogens is 272 g/mol. The normalized spacial score (nSPS) is 25.7. The zero-order chi connectivity index (χ0) is 13.8. The summed E-state index contributed by atoms with van der Waals surface area (Å²) in [6.07, 6.45) is 7.90. The molecule has 1 heterocycles. The average molecular weight is 292 g/mol. The summed E-state index contributed by atoms with van der Waals surface area (Å²) in [5, 5.41) is 0.781. The number of thioether (sulfide) groups is 1. The van der Waals surface area contributed by atoms with Crippen molar-refractivity contribution in [2.45, 2.75) is 54.6 Å². The monoisotopic (exact) mass is 292 g/mol. The maximum atomic E-state index is 2.46. The van der Waals surface area contributed by atoms with Crippen LogP contribution in [-0.2, 0) is 25.7 Å². The Morgan fingerprint density at radius 2 is 1.62 bits per heavy atom. The molecule has 0 saturated heterocycles. The van der Waals surface area contributed by atoms with E-state index in [2.05, 4.69) is 48.2 Å². The smallest absolute Gasteiger partial charge is 0.0207 e. The molecule has 21 heavy (non-hydrogen) atoms. The SMILES string of the molecule is c1ccc2c(c1)CC1Sc3c(ccc4c3CCCC4)C1C2. The lowest BCUT2D eigenvalue weighted by Gasteiger charge is -2.27. The quantitative estimate of drug-likeness (QED) is 0.664. The second kappa shape index (κ2) is 4.64. The number of benzene rings is 2. The molecule has 0 radical (unpaired) electrons. The first kappa shape index (κ1) is 12.3. The largest absolute Gasteiger partial charge is 0.121 e. The van der Waals surface area contributed by atoms with Crippen molar-refractivity contribution in [3.8, 4) is 0 Å². The molecule has 0 spiro atoms. The van der Waals surface area contributed by atoms with Gasteiger partial charge < -0.3 is 0 Å². The predicted molar refractivity (Wildman–Crippen MR) is 89.3 cm³/mol. The van der Waals surface area contributed by atoms with Gasteiger partial charge in [0.1, 0.15) is 0 Å². The fourth-order valence-corrected chi connectivity index (χ4v) is 6.22. The number of hydrogen-bond donors (Lipinski definition) is 0. The van der Waals surface area contributed by atoms with Crippen LogP contribution in [0.4, 0.5) is 0 Å². The van der Waals surface area contributed by atoms with E-state index in [-0.39, 0.29) is 0 Å². The molecule has 2 aromatic rings. The highest BCUT2D eigenvalue weighted by Crippen LogP contribution is 2.53. The highest BCUT2D eigenvalue weighted by Gasteiger charge is 2.38. The first-order chi connectivity index (χ1) is 10.4. The molecule has 2 unspecified atom stereocenters. The minimum absolute atomic E-state index is 0.757. The van der Waals surface area contributed by atoms with E-state index in [9.17, 15) is 0 Å². The first-order valence-corrected chi connectivity index (χ1v) is 9.16. The van der Waals surface area contributed by atoms with Gasteiger partial charge in [-0.25, -0.2) is 0 Å². The summed E-state index contributed by atoms with van der Waals surface area (Å²) in [5.41, 5.74) is 8.20. The van der Waals surface area contributed by atoms with Crippen molar-refractivity contribution in [3.63, 3.8) is 0 Å². The molecule has 106 valence electrons. The van der Waals surface area contributed by atoms with E-state index >= 15 is 0 Å². The predicted octanol–water partition coefficient (Wildman–Crippen LogP) is 4.92. The summed E-state index contributed by atoms with van der Waals surface area (Å²) in [5.74, 6) is 0.757. The Bertz CT molecular complexity index is 716. The van der Waals surface area contributed by atoms with Gasteiger partial charge in [-0.05, 0) is 66.3 Å². The van der Waals surface area contributed by atoms with E-state index in [1.807, 2.05) is 0 Å². The topological polar surface area (TPSA) is 0 Å². The third-order valence-electron chi connectivity index (χ3n) is 5.61. The number of aryl methyl sites for hydroxylation is 1. The van der Waals surface area contributed by atoms with Crippen LogP contribution >= 0.6 is 11.8 Å². The molecule has 2 aromatic carbocycles. The number of rotatable bonds is 0. The van der Waals surface area contributed by atoms with Crippen molar-refractivity contribution in [1.29, 1.82) is 0 Å². The minimum Gasteiger partial charge on any atom is -0.121 e. The van der Waals surface area contributed by atoms with Gasteiger partial charge in [0.2, 0.25) is 0 Å². The second-order valence-corrected chi connectivity index (χ2v) is 8.02. The van der Waals surface area contributed by atoms with Crippen molar-refractivity contribution in [2.24, 2.45) is 0 Å². The Kier molecular flexibility index (Phi) is 2.73. The molecule has 3 aliphatic rings. The summed E-state index contributed by atoms with van der Waals surface area (Å²) < 4.78 is 0. The lowest BCUT2D eigenvalue weighted by Crippen LogP contribution is -2.22. The Hall–Kier alpha value is -1.21. The molecule has 0 saturated carbocycles. The summed E-state index contributed by atoms with van der Waals surface area (Å²) in [4.78, 5) is 1.68. The van der Waals surface area contributed by atoms with Gasteiger partial charge in [0.25, 0.3) is 0 Å². The molecule has 0 N–H and O–H groups in total. The Morgan fingerprint density at radius 3 is 2.52 bits per heavy atom. The van der Waals surface area contributed by atoms with Crippen LogP contribution in [0.2, 0.25) is 0 Å². The van der Waals surface area contributed by atoms with Gasteiger partial charge in [0.05, 0.1) is 0 Å². The zero-order valence-electron chi connectivity index (χ0n) is 12.3. The fourth-order valence-electron chi connectivity index (χ4n) is 4.51. The van der Waals surface area contributed by atoms with Gasteiger partial charge in [-0.1, -0.05) is 36.4 Å². The third-order valence-corrected chi connectivity index (χ3v) is 7.12. The van der Waals surface area contributed by atoms with Crippen LogP contribution in [0.3, 0.4) is 0 Å². The van der Waals surface area contributed by atoms with Gasteiger partial charge in [0.15, 0.2) is 0 Å². The third kappa shape index (κ3) is 1.83. The molecule has 0 bridgehead atoms. The molecule has 2 aliphatic carbocycles. The summed E-state index contributed by atoms with van der Waals surface area (Å²) in [7, 11) is 0. The maximum Gasteiger partial charge on any atom is 0.0207 e. The molecular formula is C20H20S. The standard InChI is InChI=1S/C20H20S/c1-2-7-15-12-19-18(11-14(15)6-1)17-10-9-13-5-3-4-8-16(13)20(17)21-19/h1-2,6-7,9-10,18-19H,3-5,8,11-12H2. The summed E-state index contributed by atoms with van der Waals surface area (Å²) in [6, 6.07) is 14.0. The van der Waals surface area contributed by atoms with Gasteiger partial charge in [-0.15, -0.1) is 11.8 Å². The lowest BCUT2D eigenvalue weighted by atomic mass is 9.78. The number of fused-ring (bicyclic) bond motifs is 6. The molecule has 0 amide bonds. The van der Waals surface area contributed by atoms with E-state index in [1.54, 1.807) is 32.7 Å². The van der Waals surface area contributed by atoms with Crippen LogP contribution in [0.25, 0.3) is 0 Å². The van der Waals surface area contributed by atoms with Crippen LogP contribution in [0, 0.1) is 0 Å². The van der Waals surface area contributed by atoms with Gasteiger partial charge in [-0.3, -0.25) is 0 Å². The van der Waals surface area contributed by atoms with Crippen molar-refractivity contribution < 1.29 is 0 Å². The zero-order valence-corrected chi connectivity index (χ0v) is 13.1. The van der Waals surface area contributed by atoms with E-state index in [4.69, 9.17) is 0 Å². The fraction of sp³-hybridized carbons (Fsp3) is 0.400. The van der Waals surface area contributed by atoms with E-state index in [0.717, 1.165) is 11.2 Å². The Labute approximate surface area is 131 Å². The Morgan fingerprint density at radius 1 is 0.810 bits per heavy atom. The minimum atomic E-state index is 0.757. The molecule has 5 rings (SSSR count). The van der Waals surface area contributed by atoms with Crippen LogP contribution in [0.15, 0.2) is 41.3 Å². The highest BCUT2D eigenvalue weighted by atomic mass is 32.2. The van der Waals surface area contributed by atoms with Crippen molar-refractivity contribution in [3.05, 3.63) is 64.2 Å². The van der Waals surface area contributed by atoms with Crippen LogP contribution < -0.4 is 0 Å². The van der Waals surface area contributed by atoms with Crippen LogP contribution in [0.5, 0.6) is 0 Å². The van der Waals surface area contributed by atoms with Crippen molar-refractivity contribution in [1.82, 2.24) is 0 Å². The average Bonchev–Trinajstić information content (AvgIpc) is 2.90. The van der Waals surface area contributed by atoms with E-state index in [1.165, 1.54) is 38.5 Å². The molecule has 1 aliphatic heterocycles. The van der Waals surface area contributed by atoms with Crippen LogP contribution in [-0.4, -0.2) is 5.25 Å². The van der Waals surface area contributed by atoms with Crippen LogP contribution in [0.1, 0.15) is 46.6 Å². The van der Waals surface area contributed by atoms with Crippen molar-refractivity contribution >= 4 is 11.8 Å². The summed E-state index contributed by atoms with van der Waals surface area (Å²) >= 11 is 2.20. The first-order valence-electron chi connectivity index (χ1n) is 8.28. The Balaban J connectivity index is 1.59. The van der Waals surface area contributed by atoms with E-state index in [0.29, 0.717) is 0 Å².